The van der Waals surface area contributed by atoms with Gasteiger partial charge in [-0.1, -0.05) is 38.1 Å². The molecule has 1 unspecified atom stereocenters. The van der Waals surface area contributed by atoms with Crippen molar-refractivity contribution < 1.29 is 17.9 Å². The lowest BCUT2D eigenvalue weighted by atomic mass is 9.91. The molecule has 2 fully saturated rings. The van der Waals surface area contributed by atoms with Crippen LogP contribution in [-0.2, 0) is 10.0 Å². The van der Waals surface area contributed by atoms with Crippen molar-refractivity contribution in [3.8, 4) is 17.1 Å². The molecule has 42 heavy (non-hydrogen) atoms. The van der Waals surface area contributed by atoms with Crippen LogP contribution in [-0.4, -0.2) is 72.4 Å². The first-order valence-electron chi connectivity index (χ1n) is 14.3. The Morgan fingerprint density at radius 3 is 2.45 bits per heavy atom. The van der Waals surface area contributed by atoms with Crippen molar-refractivity contribution in [2.24, 2.45) is 5.41 Å². The summed E-state index contributed by atoms with van der Waals surface area (Å²) in [6.45, 7) is 10.9. The Morgan fingerprint density at radius 2 is 1.74 bits per heavy atom. The van der Waals surface area contributed by atoms with E-state index < -0.39 is 10.0 Å². The van der Waals surface area contributed by atoms with Crippen molar-refractivity contribution in [3.63, 3.8) is 0 Å². The Labute approximate surface area is 254 Å². The highest BCUT2D eigenvalue weighted by molar-refractivity contribution is 7.92. The van der Waals surface area contributed by atoms with E-state index in [-0.39, 0.29) is 41.1 Å². The Kier molecular flexibility index (Phi) is 8.26. The molecule has 1 aromatic heterocycles. The lowest BCUT2D eigenvalue weighted by Crippen LogP contribution is -2.42. The number of carbonyl (C=O) groups excluding carboxylic acids is 1. The smallest absolute Gasteiger partial charge is 0.264 e. The van der Waals surface area contributed by atoms with Gasteiger partial charge in [0.1, 0.15) is 6.10 Å². The molecular formula is C31H38ClN5O4S. The molecule has 2 aliphatic heterocycles. The Morgan fingerprint density at radius 1 is 1.00 bits per heavy atom. The maximum Gasteiger partial charge on any atom is 0.264 e. The number of ether oxygens (including phenoxy) is 1. The quantitative estimate of drug-likeness (QED) is 0.431. The van der Waals surface area contributed by atoms with Crippen LogP contribution in [0.1, 0.15) is 54.6 Å². The first-order valence-corrected chi connectivity index (χ1v) is 15.7. The fraction of sp³-hybridized carbons (Fsp3) is 0.452. The summed E-state index contributed by atoms with van der Waals surface area (Å²) in [5, 5.41) is 0. The monoisotopic (exact) mass is 611 g/mol. The molecule has 2 atom stereocenters. The van der Waals surface area contributed by atoms with Crippen LogP contribution in [0.4, 0.5) is 5.95 Å². The summed E-state index contributed by atoms with van der Waals surface area (Å²) in [5.41, 5.74) is 4.11. The van der Waals surface area contributed by atoms with Crippen LogP contribution in [0.2, 0.25) is 0 Å². The normalized spacial score (nSPS) is 23.2. The number of rotatable bonds is 2. The molecule has 0 spiro atoms. The van der Waals surface area contributed by atoms with E-state index in [1.165, 1.54) is 18.6 Å². The number of hydrogen-bond donors (Lipinski definition) is 1. The molecule has 11 heteroatoms. The van der Waals surface area contributed by atoms with Gasteiger partial charge >= 0.3 is 0 Å². The lowest BCUT2D eigenvalue weighted by molar-refractivity contribution is 0.0687. The van der Waals surface area contributed by atoms with E-state index in [2.05, 4.69) is 33.4 Å². The summed E-state index contributed by atoms with van der Waals surface area (Å²) in [7, 11) is -4.07. The standard InChI is InChI=1S/C31H37N5O4S.ClH/c1-20-7-5-8-21(2)28(20)26-16-27-33-30(32-26)34-41(38,39)25-10-6-9-22(15-25)29(37)36-14-13-35(18-24(19-36)40-27)23-11-12-31(3,4)17-23;/h5-10,15-16,23-24H,11-14,17-19H2,1-4H3,(H,32,33,34);1H/t23?,24-;/m1./s1. The number of carbonyl (C=O) groups is 1. The van der Waals surface area contributed by atoms with Crippen LogP contribution in [0.15, 0.2) is 53.4 Å². The zero-order valence-electron chi connectivity index (χ0n) is 24.5. The van der Waals surface area contributed by atoms with Gasteiger partial charge in [0.2, 0.25) is 11.8 Å². The third kappa shape index (κ3) is 6.11. The Bertz CT molecular complexity index is 1590. The van der Waals surface area contributed by atoms with E-state index in [9.17, 15) is 13.2 Å². The van der Waals surface area contributed by atoms with Crippen LogP contribution in [0.25, 0.3) is 11.3 Å². The molecule has 6 rings (SSSR count). The molecule has 224 valence electrons. The number of aromatic nitrogens is 2. The van der Waals surface area contributed by atoms with Gasteiger partial charge in [-0.3, -0.25) is 9.69 Å². The summed E-state index contributed by atoms with van der Waals surface area (Å²) >= 11 is 0. The zero-order chi connectivity index (χ0) is 28.9. The third-order valence-electron chi connectivity index (χ3n) is 8.61. The van der Waals surface area contributed by atoms with Gasteiger partial charge in [-0.15, -0.1) is 12.4 Å². The van der Waals surface area contributed by atoms with Crippen LogP contribution < -0.4 is 9.46 Å². The number of nitrogens with one attached hydrogen (secondary N) is 1. The Balaban J connectivity index is 0.00000353. The maximum atomic E-state index is 13.7. The second-order valence-electron chi connectivity index (χ2n) is 12.4. The number of nitrogens with zero attached hydrogens (tertiary/aromatic N) is 4. The molecule has 9 nitrogen and oxygen atoms in total. The van der Waals surface area contributed by atoms with Gasteiger partial charge in [0.05, 0.1) is 17.1 Å². The van der Waals surface area contributed by atoms with Crippen LogP contribution in [0, 0.1) is 19.3 Å². The second-order valence-corrected chi connectivity index (χ2v) is 14.0. The van der Waals surface area contributed by atoms with Crippen LogP contribution in [0.3, 0.4) is 0 Å². The molecule has 1 saturated carbocycles. The average Bonchev–Trinajstić information content (AvgIpc) is 3.14. The molecule has 1 N–H and O–H groups in total. The minimum atomic E-state index is -4.07. The van der Waals surface area contributed by atoms with Gasteiger partial charge < -0.3 is 9.64 Å². The number of aryl methyl sites for hydroxylation is 2. The van der Waals surface area contributed by atoms with Crippen LogP contribution >= 0.6 is 12.4 Å². The van der Waals surface area contributed by atoms with Crippen molar-refractivity contribution in [3.05, 3.63) is 65.2 Å². The van der Waals surface area contributed by atoms with E-state index in [0.29, 0.717) is 42.3 Å². The van der Waals surface area contributed by atoms with Crippen molar-refractivity contribution in [1.82, 2.24) is 19.8 Å². The predicted molar refractivity (Wildman–Crippen MR) is 165 cm³/mol. The lowest BCUT2D eigenvalue weighted by Gasteiger charge is -2.30. The van der Waals surface area contributed by atoms with Gasteiger partial charge in [0, 0.05) is 42.9 Å². The van der Waals surface area contributed by atoms with Gasteiger partial charge in [0.15, 0.2) is 0 Å². The van der Waals surface area contributed by atoms with Gasteiger partial charge in [0.25, 0.3) is 15.9 Å². The minimum absolute atomic E-state index is 0. The van der Waals surface area contributed by atoms with E-state index in [1.54, 1.807) is 23.1 Å². The van der Waals surface area contributed by atoms with Crippen LogP contribution in [0.5, 0.6) is 5.88 Å². The average molecular weight is 612 g/mol. The van der Waals surface area contributed by atoms with Crippen molar-refractivity contribution in [1.29, 1.82) is 0 Å². The number of hydrogen-bond acceptors (Lipinski definition) is 7. The highest BCUT2D eigenvalue weighted by atomic mass is 35.5. The second kappa shape index (κ2) is 11.5. The highest BCUT2D eigenvalue weighted by Gasteiger charge is 2.38. The SMILES string of the molecule is Cc1cccc(C)c1-c1cc2nc(n1)NS(=O)(=O)c1cccc(c1)C(=O)N1CCN(C3CCC(C)(C)C3)C[C@H](C1)O2.Cl. The molecule has 6 bridgehead atoms. The zero-order valence-corrected chi connectivity index (χ0v) is 26.1. The van der Waals surface area contributed by atoms with Gasteiger partial charge in [-0.2, -0.15) is 4.98 Å². The molecule has 0 radical (unpaired) electrons. The molecule has 3 aromatic rings. The Hall–Kier alpha value is -3.21. The summed E-state index contributed by atoms with van der Waals surface area (Å²) in [5.74, 6) is -0.0131. The minimum Gasteiger partial charge on any atom is -0.471 e. The predicted octanol–water partition coefficient (Wildman–Crippen LogP) is 5.08. The number of halogens is 1. The maximum absolute atomic E-state index is 13.7. The largest absolute Gasteiger partial charge is 0.471 e. The summed E-state index contributed by atoms with van der Waals surface area (Å²) in [6, 6.07) is 14.3. The van der Waals surface area contributed by atoms with Crippen molar-refractivity contribution >= 4 is 34.3 Å². The molecule has 1 amide bonds. The molecular weight excluding hydrogens is 574 g/mol. The summed E-state index contributed by atoms with van der Waals surface area (Å²) < 4.78 is 35.9. The number of amides is 1. The number of anilines is 1. The molecule has 3 aliphatic rings. The number of sulfonamides is 1. The third-order valence-corrected chi connectivity index (χ3v) is 9.94. The topological polar surface area (TPSA) is 105 Å². The number of benzene rings is 2. The summed E-state index contributed by atoms with van der Waals surface area (Å²) in [4.78, 5) is 27.1. The van der Waals surface area contributed by atoms with Crippen molar-refractivity contribution in [2.75, 3.05) is 30.9 Å². The van der Waals surface area contributed by atoms with E-state index >= 15 is 0 Å². The van der Waals surface area contributed by atoms with E-state index in [4.69, 9.17) is 4.74 Å². The molecule has 1 aliphatic carbocycles. The molecule has 1 saturated heterocycles. The molecule has 2 aromatic carbocycles. The fourth-order valence-corrected chi connectivity index (χ4v) is 7.49. The first kappa shape index (κ1) is 30.3. The fourth-order valence-electron chi connectivity index (χ4n) is 6.50. The first-order chi connectivity index (χ1) is 19.5. The molecule has 3 heterocycles. The van der Waals surface area contributed by atoms with E-state index in [1.807, 2.05) is 32.0 Å². The van der Waals surface area contributed by atoms with Crippen molar-refractivity contribution in [2.45, 2.75) is 64.0 Å². The number of fused-ring (bicyclic) bond motifs is 6. The highest BCUT2D eigenvalue weighted by Crippen LogP contribution is 2.40. The van der Waals surface area contributed by atoms with E-state index in [0.717, 1.165) is 36.1 Å². The summed E-state index contributed by atoms with van der Waals surface area (Å²) in [6.07, 6.45) is 3.03. The van der Waals surface area contributed by atoms with Gasteiger partial charge in [-0.25, -0.2) is 18.1 Å². The van der Waals surface area contributed by atoms with Gasteiger partial charge in [-0.05, 0) is 67.9 Å².